The Balaban J connectivity index is 2.11. The first-order valence-corrected chi connectivity index (χ1v) is 6.00. The summed E-state index contributed by atoms with van der Waals surface area (Å²) >= 11 is 0. The minimum Gasteiger partial charge on any atom is -0.497 e. The van der Waals surface area contributed by atoms with Crippen molar-refractivity contribution in [2.75, 3.05) is 12.4 Å². The van der Waals surface area contributed by atoms with E-state index in [2.05, 4.69) is 10.3 Å². The van der Waals surface area contributed by atoms with Gasteiger partial charge in [0.05, 0.1) is 7.11 Å². The van der Waals surface area contributed by atoms with Gasteiger partial charge in [-0.15, -0.1) is 0 Å². The minimum atomic E-state index is 0.104. The minimum absolute atomic E-state index is 0.104. The number of anilines is 1. The maximum absolute atomic E-state index is 8.82. The maximum atomic E-state index is 8.82. The molecule has 0 spiro atoms. The molecule has 0 aliphatic carbocycles. The first-order valence-electron chi connectivity index (χ1n) is 6.00. The van der Waals surface area contributed by atoms with Crippen molar-refractivity contribution in [1.82, 2.24) is 4.98 Å². The highest BCUT2D eigenvalue weighted by atomic mass is 16.5. The molecule has 0 radical (unpaired) electrons. The summed E-state index contributed by atoms with van der Waals surface area (Å²) < 4.78 is 5.13. The molecule has 19 heavy (non-hydrogen) atoms. The topological polar surface area (TPSA) is 57.9 Å². The summed E-state index contributed by atoms with van der Waals surface area (Å²) in [5, 5.41) is 12.1. The van der Waals surface area contributed by atoms with Gasteiger partial charge in [0.1, 0.15) is 23.3 Å². The highest BCUT2D eigenvalue weighted by Crippen LogP contribution is 2.20. The fourth-order valence-electron chi connectivity index (χ4n) is 1.78. The second-order valence-electron chi connectivity index (χ2n) is 4.16. The fraction of sp³-hybridized carbons (Fsp3) is 0.200. The smallest absolute Gasteiger partial charge is 0.142 e. The number of methoxy groups -OCH3 is 1. The number of ether oxygens (including phenoxy) is 1. The van der Waals surface area contributed by atoms with Gasteiger partial charge in [-0.2, -0.15) is 5.26 Å². The molecule has 0 fully saturated rings. The van der Waals surface area contributed by atoms with Crippen LogP contribution in [0.1, 0.15) is 24.2 Å². The lowest BCUT2D eigenvalue weighted by atomic mass is 10.1. The molecule has 0 aliphatic heterocycles. The van der Waals surface area contributed by atoms with E-state index < -0.39 is 0 Å². The first kappa shape index (κ1) is 12.9. The van der Waals surface area contributed by atoms with Crippen LogP contribution >= 0.6 is 0 Å². The van der Waals surface area contributed by atoms with Gasteiger partial charge in [0.2, 0.25) is 0 Å². The van der Waals surface area contributed by atoms with E-state index in [4.69, 9.17) is 10.00 Å². The Hall–Kier alpha value is -2.54. The van der Waals surface area contributed by atoms with Crippen molar-refractivity contribution in [3.8, 4) is 11.8 Å². The van der Waals surface area contributed by atoms with Crippen LogP contribution in [0.4, 0.5) is 5.82 Å². The normalized spacial score (nSPS) is 11.4. The summed E-state index contributed by atoms with van der Waals surface area (Å²) in [5.41, 5.74) is 1.54. The molecule has 0 saturated heterocycles. The molecule has 0 aliphatic rings. The van der Waals surface area contributed by atoms with Crippen LogP contribution in [0, 0.1) is 11.3 Å². The SMILES string of the molecule is COc1ccc(C(C)Nc2cccc(C#N)n2)cc1. The molecule has 1 heterocycles. The zero-order valence-electron chi connectivity index (χ0n) is 10.9. The predicted octanol–water partition coefficient (Wildman–Crippen LogP) is 3.13. The third-order valence-corrected chi connectivity index (χ3v) is 2.84. The third kappa shape index (κ3) is 3.23. The number of nitrogens with zero attached hydrogens (tertiary/aromatic N) is 2. The molecule has 0 saturated carbocycles. The van der Waals surface area contributed by atoms with Crippen molar-refractivity contribution in [2.24, 2.45) is 0 Å². The van der Waals surface area contributed by atoms with Crippen LogP contribution in [0.2, 0.25) is 0 Å². The van der Waals surface area contributed by atoms with E-state index in [0.29, 0.717) is 11.5 Å². The second-order valence-corrected chi connectivity index (χ2v) is 4.16. The Labute approximate surface area is 112 Å². The summed E-state index contributed by atoms with van der Waals surface area (Å²) in [7, 11) is 1.65. The van der Waals surface area contributed by atoms with Gasteiger partial charge in [0, 0.05) is 6.04 Å². The Kier molecular flexibility index (Phi) is 3.99. The standard InChI is InChI=1S/C15H15N3O/c1-11(12-6-8-14(19-2)9-7-12)17-15-5-3-4-13(10-16)18-15/h3-9,11H,1-2H3,(H,17,18). The molecular weight excluding hydrogens is 238 g/mol. The molecular formula is C15H15N3O. The lowest BCUT2D eigenvalue weighted by Crippen LogP contribution is -2.08. The van der Waals surface area contributed by atoms with Crippen LogP contribution < -0.4 is 10.1 Å². The average Bonchev–Trinajstić information content (AvgIpc) is 2.47. The summed E-state index contributed by atoms with van der Waals surface area (Å²) in [5.74, 6) is 1.53. The van der Waals surface area contributed by atoms with Crippen LogP contribution in [-0.2, 0) is 0 Å². The van der Waals surface area contributed by atoms with Crippen molar-refractivity contribution in [1.29, 1.82) is 5.26 Å². The lowest BCUT2D eigenvalue weighted by Gasteiger charge is -2.15. The quantitative estimate of drug-likeness (QED) is 0.909. The largest absolute Gasteiger partial charge is 0.497 e. The molecule has 1 N–H and O–H groups in total. The van der Waals surface area contributed by atoms with E-state index in [9.17, 15) is 0 Å². The molecule has 2 rings (SSSR count). The molecule has 1 unspecified atom stereocenters. The fourth-order valence-corrected chi connectivity index (χ4v) is 1.78. The monoisotopic (exact) mass is 253 g/mol. The van der Waals surface area contributed by atoms with Gasteiger partial charge in [0.15, 0.2) is 0 Å². The van der Waals surface area contributed by atoms with Gasteiger partial charge in [-0.25, -0.2) is 4.98 Å². The number of rotatable bonds is 4. The molecule has 4 heteroatoms. The average molecular weight is 253 g/mol. The summed E-state index contributed by atoms with van der Waals surface area (Å²) in [6.07, 6.45) is 0. The van der Waals surface area contributed by atoms with E-state index in [-0.39, 0.29) is 6.04 Å². The number of hydrogen-bond donors (Lipinski definition) is 1. The van der Waals surface area contributed by atoms with Crippen molar-refractivity contribution >= 4 is 5.82 Å². The molecule has 1 atom stereocenters. The van der Waals surface area contributed by atoms with Gasteiger partial charge in [-0.3, -0.25) is 0 Å². The van der Waals surface area contributed by atoms with Crippen LogP contribution in [0.15, 0.2) is 42.5 Å². The van der Waals surface area contributed by atoms with Crippen molar-refractivity contribution in [3.63, 3.8) is 0 Å². The molecule has 2 aromatic rings. The molecule has 0 amide bonds. The van der Waals surface area contributed by atoms with Crippen LogP contribution in [0.25, 0.3) is 0 Å². The Morgan fingerprint density at radius 3 is 2.58 bits per heavy atom. The number of nitriles is 1. The van der Waals surface area contributed by atoms with E-state index in [1.165, 1.54) is 0 Å². The van der Waals surface area contributed by atoms with Gasteiger partial charge in [-0.05, 0) is 36.8 Å². The Bertz CT molecular complexity index is 587. The molecule has 96 valence electrons. The first-order chi connectivity index (χ1) is 9.22. The predicted molar refractivity (Wildman–Crippen MR) is 74.0 cm³/mol. The molecule has 0 bridgehead atoms. The Morgan fingerprint density at radius 1 is 1.21 bits per heavy atom. The van der Waals surface area contributed by atoms with Crippen LogP contribution in [-0.4, -0.2) is 12.1 Å². The summed E-state index contributed by atoms with van der Waals surface area (Å²) in [6, 6.07) is 15.3. The van der Waals surface area contributed by atoms with E-state index >= 15 is 0 Å². The van der Waals surface area contributed by atoms with Gasteiger partial charge in [-0.1, -0.05) is 18.2 Å². The Morgan fingerprint density at radius 2 is 1.95 bits per heavy atom. The van der Waals surface area contributed by atoms with Crippen molar-refractivity contribution in [2.45, 2.75) is 13.0 Å². The third-order valence-electron chi connectivity index (χ3n) is 2.84. The number of pyridine rings is 1. The lowest BCUT2D eigenvalue weighted by molar-refractivity contribution is 0.414. The number of aromatic nitrogens is 1. The summed E-state index contributed by atoms with van der Waals surface area (Å²) in [4.78, 5) is 4.19. The van der Waals surface area contributed by atoms with Gasteiger partial charge in [0.25, 0.3) is 0 Å². The second kappa shape index (κ2) is 5.87. The summed E-state index contributed by atoms with van der Waals surface area (Å²) in [6.45, 7) is 2.04. The number of nitrogens with one attached hydrogen (secondary N) is 1. The zero-order chi connectivity index (χ0) is 13.7. The van der Waals surface area contributed by atoms with E-state index in [0.717, 1.165) is 11.3 Å². The van der Waals surface area contributed by atoms with Crippen molar-refractivity contribution < 1.29 is 4.74 Å². The van der Waals surface area contributed by atoms with E-state index in [1.54, 1.807) is 13.2 Å². The molecule has 1 aromatic carbocycles. The highest BCUT2D eigenvalue weighted by Gasteiger charge is 2.06. The van der Waals surface area contributed by atoms with Crippen LogP contribution in [0.3, 0.4) is 0 Å². The molecule has 1 aromatic heterocycles. The molecule has 4 nitrogen and oxygen atoms in total. The van der Waals surface area contributed by atoms with E-state index in [1.807, 2.05) is 49.4 Å². The van der Waals surface area contributed by atoms with Gasteiger partial charge >= 0.3 is 0 Å². The highest BCUT2D eigenvalue weighted by molar-refractivity contribution is 5.41. The van der Waals surface area contributed by atoms with Gasteiger partial charge < -0.3 is 10.1 Å². The number of benzene rings is 1. The number of hydrogen-bond acceptors (Lipinski definition) is 4. The maximum Gasteiger partial charge on any atom is 0.142 e. The van der Waals surface area contributed by atoms with Crippen molar-refractivity contribution in [3.05, 3.63) is 53.7 Å². The zero-order valence-corrected chi connectivity index (χ0v) is 10.9. The van der Waals surface area contributed by atoms with Crippen LogP contribution in [0.5, 0.6) is 5.75 Å².